The number of likely N-dealkylation sites (N-methyl/N-ethyl adjacent to an activating group) is 1. The molecule has 0 bridgehead atoms. The molecule has 0 rings (SSSR count). The predicted molar refractivity (Wildman–Crippen MR) is 212 cm³/mol. The van der Waals surface area contributed by atoms with Crippen LogP contribution >= 0.6 is 7.82 Å². The molecule has 1 unspecified atom stereocenters. The minimum atomic E-state index is -4.36. The monoisotopic (exact) mass is 738 g/mol. The summed E-state index contributed by atoms with van der Waals surface area (Å²) < 4.78 is 23.4. The molecule has 294 valence electrons. The van der Waals surface area contributed by atoms with Crippen LogP contribution in [-0.2, 0) is 23.2 Å². The third-order valence-corrected chi connectivity index (χ3v) is 9.19. The maximum atomic E-state index is 12.8. The van der Waals surface area contributed by atoms with Crippen molar-refractivity contribution in [3.63, 3.8) is 0 Å². The Morgan fingerprint density at radius 1 is 0.725 bits per heavy atom. The van der Waals surface area contributed by atoms with E-state index in [1.807, 2.05) is 45.4 Å². The second-order valence-corrected chi connectivity index (χ2v) is 15.8. The lowest BCUT2D eigenvalue weighted by atomic mass is 10.1. The Morgan fingerprint density at radius 3 is 1.98 bits per heavy atom. The molecular formula is C41H74N2O7P+. The van der Waals surface area contributed by atoms with E-state index in [0.717, 1.165) is 57.8 Å². The van der Waals surface area contributed by atoms with Crippen molar-refractivity contribution in [3.05, 3.63) is 60.8 Å². The Balaban J connectivity index is 4.67. The van der Waals surface area contributed by atoms with E-state index in [2.05, 4.69) is 37.4 Å². The van der Waals surface area contributed by atoms with Gasteiger partial charge < -0.3 is 19.8 Å². The molecule has 0 aromatic heterocycles. The van der Waals surface area contributed by atoms with E-state index in [4.69, 9.17) is 9.05 Å². The Hall–Kier alpha value is -2.13. The summed E-state index contributed by atoms with van der Waals surface area (Å²) in [6.07, 6.45) is 37.0. The van der Waals surface area contributed by atoms with Crippen molar-refractivity contribution in [1.82, 2.24) is 5.32 Å². The number of phosphoric ester groups is 1. The summed E-state index contributed by atoms with van der Waals surface area (Å²) in [7, 11) is 1.49. The maximum absolute atomic E-state index is 12.8. The Morgan fingerprint density at radius 2 is 1.31 bits per heavy atom. The number of carbonyl (C=O) groups is 2. The normalized spacial score (nSPS) is 15.1. The molecule has 0 heterocycles. The van der Waals surface area contributed by atoms with Crippen molar-refractivity contribution in [2.24, 2.45) is 0 Å². The zero-order chi connectivity index (χ0) is 38.1. The van der Waals surface area contributed by atoms with Crippen molar-refractivity contribution in [2.45, 2.75) is 148 Å². The lowest BCUT2D eigenvalue weighted by molar-refractivity contribution is -0.870. The molecule has 51 heavy (non-hydrogen) atoms. The molecule has 0 fully saturated rings. The molecular weight excluding hydrogens is 663 g/mol. The number of hydrogen-bond acceptors (Lipinski definition) is 6. The molecule has 3 N–H and O–H groups in total. The number of aliphatic hydroxyl groups excluding tert-OH is 1. The Bertz CT molecular complexity index is 1080. The highest BCUT2D eigenvalue weighted by atomic mass is 31.2. The Labute approximate surface area is 311 Å². The van der Waals surface area contributed by atoms with E-state index >= 15 is 0 Å². The number of rotatable bonds is 34. The number of amides is 1. The van der Waals surface area contributed by atoms with Crippen LogP contribution in [0.4, 0.5) is 0 Å². The molecule has 0 spiro atoms. The number of allylic oxidation sites excluding steroid dienone is 9. The van der Waals surface area contributed by atoms with Crippen LogP contribution in [0.2, 0.25) is 0 Å². The first-order chi connectivity index (χ1) is 24.4. The van der Waals surface area contributed by atoms with Gasteiger partial charge in [0, 0.05) is 12.8 Å². The van der Waals surface area contributed by atoms with Crippen molar-refractivity contribution in [3.8, 4) is 0 Å². The van der Waals surface area contributed by atoms with Crippen LogP contribution in [0.1, 0.15) is 136 Å². The molecule has 0 aliphatic carbocycles. The van der Waals surface area contributed by atoms with Crippen LogP contribution in [0.15, 0.2) is 60.8 Å². The fraction of sp³-hybridized carbons (Fsp3) is 0.707. The summed E-state index contributed by atoms with van der Waals surface area (Å²) in [5.74, 6) is -0.0829. The van der Waals surface area contributed by atoms with E-state index < -0.39 is 20.0 Å². The summed E-state index contributed by atoms with van der Waals surface area (Å²) in [6, 6.07) is -0.893. The lowest BCUT2D eigenvalue weighted by Gasteiger charge is -2.25. The van der Waals surface area contributed by atoms with Gasteiger partial charge in [0.1, 0.15) is 13.2 Å². The number of ketones is 1. The van der Waals surface area contributed by atoms with Crippen LogP contribution in [0.5, 0.6) is 0 Å². The third kappa shape index (κ3) is 34.7. The first kappa shape index (κ1) is 48.9. The molecule has 0 saturated carbocycles. The quantitative estimate of drug-likeness (QED) is 0.0150. The van der Waals surface area contributed by atoms with Crippen LogP contribution in [0.3, 0.4) is 0 Å². The van der Waals surface area contributed by atoms with Gasteiger partial charge in [0.25, 0.3) is 0 Å². The standard InChI is InChI=1S/C41H73N2O7P/c1-6-8-10-11-12-13-15-19-22-25-29-33-40(45)39(37-50-51(47,48)49-36-35-43(3,4)5)42-41(46)34-30-26-23-20-17-14-16-18-21-24-28-32-38(44)31-27-9-7-2/h14,16,20-21,23-24,28-29,32-33,39-40,45H,6-13,15,17-19,22,25-27,30-31,34-37H2,1-5H3,(H-,42,46,47,48)/p+1/b16-14-,23-20-,24-21-,32-28+,33-29+/t39-,40+/m0/s1. The van der Waals surface area contributed by atoms with E-state index in [0.29, 0.717) is 23.9 Å². The fourth-order valence-corrected chi connectivity index (χ4v) is 5.72. The van der Waals surface area contributed by atoms with Gasteiger partial charge >= 0.3 is 7.82 Å². The van der Waals surface area contributed by atoms with Gasteiger partial charge in [0.15, 0.2) is 5.78 Å². The second kappa shape index (κ2) is 32.5. The topological polar surface area (TPSA) is 122 Å². The Kier molecular flexibility index (Phi) is 31.2. The van der Waals surface area contributed by atoms with E-state index in [9.17, 15) is 24.2 Å². The first-order valence-electron chi connectivity index (χ1n) is 19.6. The van der Waals surface area contributed by atoms with Crippen molar-refractivity contribution < 1.29 is 37.7 Å². The minimum Gasteiger partial charge on any atom is -0.387 e. The maximum Gasteiger partial charge on any atom is 0.472 e. The number of hydrogen-bond donors (Lipinski definition) is 3. The number of phosphoric acid groups is 1. The zero-order valence-corrected chi connectivity index (χ0v) is 33.7. The largest absolute Gasteiger partial charge is 0.472 e. The third-order valence-electron chi connectivity index (χ3n) is 8.21. The van der Waals surface area contributed by atoms with Gasteiger partial charge in [-0.25, -0.2) is 4.57 Å². The molecule has 0 radical (unpaired) electrons. The summed E-state index contributed by atoms with van der Waals surface area (Å²) >= 11 is 0. The molecule has 0 aromatic rings. The summed E-state index contributed by atoms with van der Waals surface area (Å²) in [5.41, 5.74) is 0. The molecule has 0 saturated heterocycles. The van der Waals surface area contributed by atoms with Gasteiger partial charge in [-0.3, -0.25) is 18.6 Å². The highest BCUT2D eigenvalue weighted by Crippen LogP contribution is 2.43. The number of quaternary nitrogens is 1. The van der Waals surface area contributed by atoms with Gasteiger partial charge in [-0.15, -0.1) is 0 Å². The summed E-state index contributed by atoms with van der Waals surface area (Å²) in [4.78, 5) is 34.7. The molecule has 0 aliphatic rings. The average molecular weight is 738 g/mol. The van der Waals surface area contributed by atoms with Crippen LogP contribution in [-0.4, -0.2) is 79.2 Å². The van der Waals surface area contributed by atoms with Crippen molar-refractivity contribution in [2.75, 3.05) is 40.9 Å². The van der Waals surface area contributed by atoms with Crippen LogP contribution in [0.25, 0.3) is 0 Å². The SMILES string of the molecule is CCCCCCCCCCC/C=C/[C@@H](O)[C@H](COP(=O)(O)OCC[N+](C)(C)C)NC(=O)CCC/C=C\C/C=C\C/C=C\C=C\C(=O)CCCCC. The van der Waals surface area contributed by atoms with Crippen LogP contribution < -0.4 is 5.32 Å². The second-order valence-electron chi connectivity index (χ2n) is 14.3. The van der Waals surface area contributed by atoms with Gasteiger partial charge in [-0.2, -0.15) is 0 Å². The van der Waals surface area contributed by atoms with Crippen molar-refractivity contribution >= 4 is 19.5 Å². The van der Waals surface area contributed by atoms with Gasteiger partial charge in [-0.05, 0) is 51.0 Å². The summed E-state index contributed by atoms with van der Waals surface area (Å²) in [6.45, 7) is 4.55. The number of aliphatic hydroxyl groups is 1. The minimum absolute atomic E-state index is 0.0376. The number of unbranched alkanes of at least 4 members (excludes halogenated alkanes) is 12. The average Bonchev–Trinajstić information content (AvgIpc) is 3.06. The summed E-state index contributed by atoms with van der Waals surface area (Å²) in [5, 5.41) is 13.7. The highest BCUT2D eigenvalue weighted by molar-refractivity contribution is 7.47. The van der Waals surface area contributed by atoms with E-state index in [-0.39, 0.29) is 31.3 Å². The molecule has 10 heteroatoms. The highest BCUT2D eigenvalue weighted by Gasteiger charge is 2.27. The molecule has 9 nitrogen and oxygen atoms in total. The molecule has 0 aromatic carbocycles. The van der Waals surface area contributed by atoms with Gasteiger partial charge in [0.05, 0.1) is 39.9 Å². The van der Waals surface area contributed by atoms with Crippen molar-refractivity contribution in [1.29, 1.82) is 0 Å². The number of nitrogens with zero attached hydrogens (tertiary/aromatic N) is 1. The number of carbonyl (C=O) groups excluding carboxylic acids is 2. The van der Waals surface area contributed by atoms with Gasteiger partial charge in [-0.1, -0.05) is 133 Å². The van der Waals surface area contributed by atoms with Crippen LogP contribution in [0, 0.1) is 0 Å². The molecule has 1 amide bonds. The smallest absolute Gasteiger partial charge is 0.387 e. The molecule has 0 aliphatic heterocycles. The van der Waals surface area contributed by atoms with E-state index in [1.54, 1.807) is 18.2 Å². The molecule has 3 atom stereocenters. The first-order valence-corrected chi connectivity index (χ1v) is 21.1. The van der Waals surface area contributed by atoms with Gasteiger partial charge in [0.2, 0.25) is 5.91 Å². The fourth-order valence-electron chi connectivity index (χ4n) is 4.99. The number of nitrogens with one attached hydrogen (secondary N) is 1. The zero-order valence-electron chi connectivity index (χ0n) is 32.8. The lowest BCUT2D eigenvalue weighted by Crippen LogP contribution is -2.45. The predicted octanol–water partition coefficient (Wildman–Crippen LogP) is 9.47. The van der Waals surface area contributed by atoms with E-state index in [1.165, 1.54) is 44.9 Å².